The molecule has 2 unspecified atom stereocenters. The van der Waals surface area contributed by atoms with Crippen LogP contribution in [0.1, 0.15) is 27.2 Å². The summed E-state index contributed by atoms with van der Waals surface area (Å²) in [5.41, 5.74) is 5.61. The first-order chi connectivity index (χ1) is 6.52. The van der Waals surface area contributed by atoms with E-state index in [0.29, 0.717) is 18.9 Å². The van der Waals surface area contributed by atoms with Gasteiger partial charge in [-0.05, 0) is 12.3 Å². The van der Waals surface area contributed by atoms with Gasteiger partial charge in [0.15, 0.2) is 0 Å². The predicted molar refractivity (Wildman–Crippen MR) is 56.9 cm³/mol. The second kappa shape index (κ2) is 6.79. The second-order valence-electron chi connectivity index (χ2n) is 3.83. The van der Waals surface area contributed by atoms with Crippen LogP contribution in [0.25, 0.3) is 0 Å². The zero-order chi connectivity index (χ0) is 11.1. The molecule has 0 saturated heterocycles. The summed E-state index contributed by atoms with van der Waals surface area (Å²) in [4.78, 5) is 11.5. The molecule has 14 heavy (non-hydrogen) atoms. The van der Waals surface area contributed by atoms with Gasteiger partial charge in [-0.1, -0.05) is 20.8 Å². The fraction of sp³-hybridized carbons (Fsp3) is 0.900. The Hall–Kier alpha value is -0.610. The van der Waals surface area contributed by atoms with E-state index >= 15 is 0 Å². The molecule has 0 aliphatic rings. The molecule has 0 aliphatic heterocycles. The van der Waals surface area contributed by atoms with Gasteiger partial charge in [-0.2, -0.15) is 0 Å². The molecule has 1 amide bonds. The van der Waals surface area contributed by atoms with Crippen molar-refractivity contribution in [2.75, 3.05) is 13.7 Å². The van der Waals surface area contributed by atoms with Crippen molar-refractivity contribution in [3.05, 3.63) is 0 Å². The summed E-state index contributed by atoms with van der Waals surface area (Å²) < 4.78 is 5.02. The van der Waals surface area contributed by atoms with E-state index in [1.807, 2.05) is 20.8 Å². The van der Waals surface area contributed by atoms with E-state index in [-0.39, 0.29) is 11.9 Å². The summed E-state index contributed by atoms with van der Waals surface area (Å²) in [5.74, 6) is 0.256. The van der Waals surface area contributed by atoms with Crippen LogP contribution in [0.2, 0.25) is 0 Å². The third kappa shape index (κ3) is 4.58. The van der Waals surface area contributed by atoms with Crippen LogP contribution in [0.3, 0.4) is 0 Å². The highest BCUT2D eigenvalue weighted by molar-refractivity contribution is 5.81. The van der Waals surface area contributed by atoms with Crippen LogP contribution >= 0.6 is 0 Å². The van der Waals surface area contributed by atoms with Crippen LogP contribution in [0.4, 0.5) is 0 Å². The zero-order valence-corrected chi connectivity index (χ0v) is 9.54. The molecule has 3 N–H and O–H groups in total. The summed E-state index contributed by atoms with van der Waals surface area (Å²) in [7, 11) is 1.63. The number of nitrogens with one attached hydrogen (secondary N) is 1. The number of carbonyl (C=O) groups excluding carboxylic acids is 1. The molecule has 0 saturated carbocycles. The van der Waals surface area contributed by atoms with E-state index in [0.717, 1.165) is 0 Å². The van der Waals surface area contributed by atoms with Gasteiger partial charge in [-0.15, -0.1) is 0 Å². The maximum absolute atomic E-state index is 11.5. The first-order valence-corrected chi connectivity index (χ1v) is 5.07. The molecule has 84 valence electrons. The van der Waals surface area contributed by atoms with Crippen LogP contribution < -0.4 is 11.1 Å². The number of nitrogens with two attached hydrogens (primary N) is 1. The molecular weight excluding hydrogens is 180 g/mol. The summed E-state index contributed by atoms with van der Waals surface area (Å²) in [6.45, 7) is 6.51. The highest BCUT2D eigenvalue weighted by Crippen LogP contribution is 2.02. The van der Waals surface area contributed by atoms with Gasteiger partial charge in [0.1, 0.15) is 0 Å². The first kappa shape index (κ1) is 13.4. The number of hydrogen-bond donors (Lipinski definition) is 2. The fourth-order valence-electron chi connectivity index (χ4n) is 1.06. The van der Waals surface area contributed by atoms with Crippen molar-refractivity contribution >= 4 is 5.91 Å². The lowest BCUT2D eigenvalue weighted by molar-refractivity contribution is -0.123. The molecule has 0 aromatic rings. The SMILES string of the molecule is CCC(N)C(=O)NC(COC)C(C)C. The van der Waals surface area contributed by atoms with Gasteiger partial charge < -0.3 is 15.8 Å². The number of methoxy groups -OCH3 is 1. The van der Waals surface area contributed by atoms with Gasteiger partial charge >= 0.3 is 0 Å². The van der Waals surface area contributed by atoms with Crippen molar-refractivity contribution in [2.24, 2.45) is 11.7 Å². The van der Waals surface area contributed by atoms with Crippen LogP contribution in [0.15, 0.2) is 0 Å². The van der Waals surface area contributed by atoms with E-state index in [9.17, 15) is 4.79 Å². The third-order valence-corrected chi connectivity index (χ3v) is 2.26. The molecule has 0 aromatic carbocycles. The smallest absolute Gasteiger partial charge is 0.237 e. The average Bonchev–Trinajstić information content (AvgIpc) is 2.15. The summed E-state index contributed by atoms with van der Waals surface area (Å²) in [5, 5.41) is 2.88. The van der Waals surface area contributed by atoms with Crippen LogP contribution in [0.5, 0.6) is 0 Å². The minimum Gasteiger partial charge on any atom is -0.383 e. The molecule has 0 fully saturated rings. The number of ether oxygens (including phenoxy) is 1. The van der Waals surface area contributed by atoms with Gasteiger partial charge in [0.05, 0.1) is 18.7 Å². The van der Waals surface area contributed by atoms with E-state index < -0.39 is 6.04 Å². The maximum atomic E-state index is 11.5. The lowest BCUT2D eigenvalue weighted by Gasteiger charge is -2.23. The Morgan fingerprint density at radius 3 is 2.43 bits per heavy atom. The molecule has 0 radical (unpaired) electrons. The number of hydrogen-bond acceptors (Lipinski definition) is 3. The van der Waals surface area contributed by atoms with Crippen molar-refractivity contribution in [3.63, 3.8) is 0 Å². The Morgan fingerprint density at radius 2 is 2.07 bits per heavy atom. The van der Waals surface area contributed by atoms with Crippen molar-refractivity contribution in [3.8, 4) is 0 Å². The zero-order valence-electron chi connectivity index (χ0n) is 9.54. The Kier molecular flexibility index (Phi) is 6.49. The van der Waals surface area contributed by atoms with E-state index in [2.05, 4.69) is 5.32 Å². The first-order valence-electron chi connectivity index (χ1n) is 5.07. The fourth-order valence-corrected chi connectivity index (χ4v) is 1.06. The topological polar surface area (TPSA) is 64.4 Å². The molecule has 4 heteroatoms. The van der Waals surface area contributed by atoms with Crippen LogP contribution in [-0.4, -0.2) is 31.7 Å². The van der Waals surface area contributed by atoms with Gasteiger partial charge in [0.25, 0.3) is 0 Å². The predicted octanol–water partition coefficient (Wildman–Crippen LogP) is 0.511. The van der Waals surface area contributed by atoms with Crippen molar-refractivity contribution in [2.45, 2.75) is 39.3 Å². The van der Waals surface area contributed by atoms with E-state index in [1.165, 1.54) is 0 Å². The molecule has 0 bridgehead atoms. The maximum Gasteiger partial charge on any atom is 0.237 e. The van der Waals surface area contributed by atoms with Crippen LogP contribution in [0, 0.1) is 5.92 Å². The third-order valence-electron chi connectivity index (χ3n) is 2.26. The molecule has 0 rings (SSSR count). The monoisotopic (exact) mass is 202 g/mol. The normalized spacial score (nSPS) is 15.3. The quantitative estimate of drug-likeness (QED) is 0.659. The summed E-state index contributed by atoms with van der Waals surface area (Å²) >= 11 is 0. The number of carbonyl (C=O) groups is 1. The van der Waals surface area contributed by atoms with Gasteiger partial charge in [-0.25, -0.2) is 0 Å². The lowest BCUT2D eigenvalue weighted by Crippen LogP contribution is -2.48. The number of rotatable bonds is 6. The van der Waals surface area contributed by atoms with Gasteiger partial charge in [0.2, 0.25) is 5.91 Å². The van der Waals surface area contributed by atoms with Crippen molar-refractivity contribution in [1.82, 2.24) is 5.32 Å². The van der Waals surface area contributed by atoms with Gasteiger partial charge in [-0.3, -0.25) is 4.79 Å². The van der Waals surface area contributed by atoms with E-state index in [4.69, 9.17) is 10.5 Å². The Bertz CT molecular complexity index is 172. The standard InChI is InChI=1S/C10H22N2O2/c1-5-8(11)10(13)12-9(6-14-4)7(2)3/h7-9H,5-6,11H2,1-4H3,(H,12,13). The Balaban J connectivity index is 4.08. The molecule has 0 aromatic heterocycles. The van der Waals surface area contributed by atoms with Gasteiger partial charge in [0, 0.05) is 7.11 Å². The second-order valence-corrected chi connectivity index (χ2v) is 3.83. The summed E-state index contributed by atoms with van der Waals surface area (Å²) in [6.07, 6.45) is 0.656. The Morgan fingerprint density at radius 1 is 1.50 bits per heavy atom. The van der Waals surface area contributed by atoms with Crippen molar-refractivity contribution < 1.29 is 9.53 Å². The molecule has 2 atom stereocenters. The van der Waals surface area contributed by atoms with Crippen molar-refractivity contribution in [1.29, 1.82) is 0 Å². The Labute approximate surface area is 86.2 Å². The molecule has 0 spiro atoms. The molecule has 0 heterocycles. The largest absolute Gasteiger partial charge is 0.383 e. The minimum absolute atomic E-state index is 0.0464. The highest BCUT2D eigenvalue weighted by Gasteiger charge is 2.18. The lowest BCUT2D eigenvalue weighted by atomic mass is 10.0. The molecule has 0 aliphatic carbocycles. The molecular formula is C10H22N2O2. The highest BCUT2D eigenvalue weighted by atomic mass is 16.5. The van der Waals surface area contributed by atoms with E-state index in [1.54, 1.807) is 7.11 Å². The summed E-state index contributed by atoms with van der Waals surface area (Å²) in [6, 6.07) is -0.363. The molecule has 4 nitrogen and oxygen atoms in total. The minimum atomic E-state index is -0.409. The average molecular weight is 202 g/mol. The number of amides is 1. The van der Waals surface area contributed by atoms with Crippen LogP contribution in [-0.2, 0) is 9.53 Å².